The monoisotopic (exact) mass is 211 g/mol. The van der Waals surface area contributed by atoms with Crippen LogP contribution in [0.4, 0.5) is 5.69 Å². The first-order valence-electron chi connectivity index (χ1n) is 4.88. The van der Waals surface area contributed by atoms with E-state index < -0.39 is 0 Å². The van der Waals surface area contributed by atoms with E-state index in [1.54, 1.807) is 19.2 Å². The number of anilines is 1. The number of hydrogen-bond acceptors (Lipinski definition) is 4. The van der Waals surface area contributed by atoms with Gasteiger partial charge in [0.05, 0.1) is 6.10 Å². The summed E-state index contributed by atoms with van der Waals surface area (Å²) in [5.74, 6) is 0.560. The average molecular weight is 211 g/mol. The van der Waals surface area contributed by atoms with E-state index in [-0.39, 0.29) is 17.5 Å². The molecule has 0 aliphatic carbocycles. The van der Waals surface area contributed by atoms with Gasteiger partial charge in [0.25, 0.3) is 0 Å². The van der Waals surface area contributed by atoms with Crippen LogP contribution >= 0.6 is 0 Å². The van der Waals surface area contributed by atoms with Crippen molar-refractivity contribution in [2.75, 3.05) is 19.5 Å². The number of hydrogen-bond donors (Lipinski definition) is 2. The van der Waals surface area contributed by atoms with Gasteiger partial charge in [-0.05, 0) is 19.1 Å². The van der Waals surface area contributed by atoms with E-state index in [1.807, 2.05) is 6.92 Å². The molecule has 4 nitrogen and oxygen atoms in total. The van der Waals surface area contributed by atoms with Crippen LogP contribution in [0.1, 0.15) is 13.3 Å². The first-order valence-corrected chi connectivity index (χ1v) is 4.88. The maximum absolute atomic E-state index is 9.36. The Morgan fingerprint density at radius 3 is 2.87 bits per heavy atom. The van der Waals surface area contributed by atoms with E-state index in [9.17, 15) is 5.11 Å². The number of rotatable bonds is 5. The molecule has 0 fully saturated rings. The number of para-hydroxylation sites is 1. The Labute approximate surface area is 89.6 Å². The molecule has 4 heteroatoms. The van der Waals surface area contributed by atoms with Crippen molar-refractivity contribution >= 4 is 5.69 Å². The summed E-state index contributed by atoms with van der Waals surface area (Å²) < 4.78 is 10.5. The molecule has 0 saturated carbocycles. The number of benzene rings is 1. The van der Waals surface area contributed by atoms with Crippen LogP contribution in [0.5, 0.6) is 11.5 Å². The van der Waals surface area contributed by atoms with E-state index in [4.69, 9.17) is 15.2 Å². The summed E-state index contributed by atoms with van der Waals surface area (Å²) >= 11 is 0. The van der Waals surface area contributed by atoms with Crippen LogP contribution in [0.2, 0.25) is 0 Å². The number of nitrogen functional groups attached to an aromatic ring is 1. The molecular weight excluding hydrogens is 194 g/mol. The van der Waals surface area contributed by atoms with Gasteiger partial charge in [0.1, 0.15) is 17.2 Å². The Hall–Kier alpha value is -1.42. The van der Waals surface area contributed by atoms with Crippen molar-refractivity contribution in [1.29, 1.82) is 0 Å². The summed E-state index contributed by atoms with van der Waals surface area (Å²) in [7, 11) is 1.65. The Morgan fingerprint density at radius 2 is 2.20 bits per heavy atom. The zero-order chi connectivity index (χ0) is 11.3. The van der Waals surface area contributed by atoms with Crippen molar-refractivity contribution in [3.8, 4) is 11.5 Å². The average Bonchev–Trinajstić information content (AvgIpc) is 2.22. The lowest BCUT2D eigenvalue weighted by atomic mass is 10.2. The number of ether oxygens (including phenoxy) is 2. The minimum absolute atomic E-state index is 0.00838. The summed E-state index contributed by atoms with van der Waals surface area (Å²) in [6.07, 6.45) is 0.792. The van der Waals surface area contributed by atoms with E-state index in [1.165, 1.54) is 6.07 Å². The summed E-state index contributed by atoms with van der Waals surface area (Å²) in [5.41, 5.74) is 5.93. The highest BCUT2D eigenvalue weighted by Crippen LogP contribution is 2.30. The highest BCUT2D eigenvalue weighted by molar-refractivity contribution is 5.61. The molecule has 0 saturated heterocycles. The third-order valence-electron chi connectivity index (χ3n) is 2.10. The van der Waals surface area contributed by atoms with Crippen molar-refractivity contribution in [2.24, 2.45) is 0 Å². The summed E-state index contributed by atoms with van der Waals surface area (Å²) in [6, 6.07) is 4.96. The second kappa shape index (κ2) is 5.46. The lowest BCUT2D eigenvalue weighted by Crippen LogP contribution is -2.15. The molecule has 0 aliphatic rings. The number of aromatic hydroxyl groups is 1. The van der Waals surface area contributed by atoms with Crippen molar-refractivity contribution in [3.63, 3.8) is 0 Å². The molecule has 0 aliphatic heterocycles. The van der Waals surface area contributed by atoms with Crippen molar-refractivity contribution in [3.05, 3.63) is 18.2 Å². The first-order chi connectivity index (χ1) is 7.15. The smallest absolute Gasteiger partial charge is 0.146 e. The minimum atomic E-state index is 0.00838. The van der Waals surface area contributed by atoms with Crippen molar-refractivity contribution < 1.29 is 14.6 Å². The minimum Gasteiger partial charge on any atom is -0.506 e. The van der Waals surface area contributed by atoms with E-state index in [0.29, 0.717) is 12.4 Å². The maximum atomic E-state index is 9.36. The number of nitrogens with two attached hydrogens (primary N) is 1. The number of phenolic OH excluding ortho intramolecular Hbond substituents is 1. The molecule has 1 aromatic rings. The molecular formula is C11H17NO3. The van der Waals surface area contributed by atoms with Gasteiger partial charge < -0.3 is 20.3 Å². The van der Waals surface area contributed by atoms with Crippen LogP contribution in [-0.2, 0) is 4.74 Å². The Kier molecular flexibility index (Phi) is 4.24. The highest BCUT2D eigenvalue weighted by Gasteiger charge is 2.08. The normalized spacial score (nSPS) is 12.4. The van der Waals surface area contributed by atoms with Crippen LogP contribution in [0, 0.1) is 0 Å². The van der Waals surface area contributed by atoms with Gasteiger partial charge in [-0.15, -0.1) is 0 Å². The topological polar surface area (TPSA) is 64.7 Å². The quantitative estimate of drug-likeness (QED) is 0.575. The molecule has 0 amide bonds. The predicted octanol–water partition coefficient (Wildman–Crippen LogP) is 1.78. The van der Waals surface area contributed by atoms with Crippen molar-refractivity contribution in [1.82, 2.24) is 0 Å². The highest BCUT2D eigenvalue weighted by atomic mass is 16.5. The lowest BCUT2D eigenvalue weighted by Gasteiger charge is -2.16. The number of phenols is 1. The zero-order valence-electron chi connectivity index (χ0n) is 9.06. The van der Waals surface area contributed by atoms with Gasteiger partial charge in [0.15, 0.2) is 0 Å². The second-order valence-corrected chi connectivity index (χ2v) is 3.40. The van der Waals surface area contributed by atoms with Gasteiger partial charge >= 0.3 is 0 Å². The van der Waals surface area contributed by atoms with Gasteiger partial charge in [0.2, 0.25) is 0 Å². The fraction of sp³-hybridized carbons (Fsp3) is 0.455. The molecule has 15 heavy (non-hydrogen) atoms. The molecule has 1 atom stereocenters. The molecule has 0 aromatic heterocycles. The zero-order valence-corrected chi connectivity index (χ0v) is 9.06. The SMILES string of the molecule is COCCC(C)Oc1cccc(O)c1N. The molecule has 0 spiro atoms. The van der Waals surface area contributed by atoms with Gasteiger partial charge in [-0.2, -0.15) is 0 Å². The van der Waals surface area contributed by atoms with E-state index in [0.717, 1.165) is 6.42 Å². The van der Waals surface area contributed by atoms with Gasteiger partial charge in [-0.25, -0.2) is 0 Å². The summed E-state index contributed by atoms with van der Waals surface area (Å²) in [6.45, 7) is 2.57. The Balaban J connectivity index is 2.60. The summed E-state index contributed by atoms with van der Waals surface area (Å²) in [5, 5.41) is 9.36. The third kappa shape index (κ3) is 3.32. The van der Waals surface area contributed by atoms with Crippen LogP contribution in [-0.4, -0.2) is 24.9 Å². The van der Waals surface area contributed by atoms with Gasteiger partial charge in [0, 0.05) is 20.1 Å². The van der Waals surface area contributed by atoms with Crippen molar-refractivity contribution in [2.45, 2.75) is 19.4 Å². The van der Waals surface area contributed by atoms with Gasteiger partial charge in [-0.1, -0.05) is 6.07 Å². The maximum Gasteiger partial charge on any atom is 0.146 e. The molecule has 3 N–H and O–H groups in total. The molecule has 1 aromatic carbocycles. The predicted molar refractivity (Wildman–Crippen MR) is 59.1 cm³/mol. The Bertz CT molecular complexity index is 315. The fourth-order valence-electron chi connectivity index (χ4n) is 1.19. The second-order valence-electron chi connectivity index (χ2n) is 3.40. The standard InChI is InChI=1S/C11H17NO3/c1-8(6-7-14-2)15-10-5-3-4-9(13)11(10)12/h3-5,8,13H,6-7,12H2,1-2H3. The number of methoxy groups -OCH3 is 1. The molecule has 0 bridgehead atoms. The van der Waals surface area contributed by atoms with Crippen LogP contribution in [0.15, 0.2) is 18.2 Å². The van der Waals surface area contributed by atoms with Crippen LogP contribution < -0.4 is 10.5 Å². The van der Waals surface area contributed by atoms with E-state index >= 15 is 0 Å². The molecule has 0 radical (unpaired) electrons. The van der Waals surface area contributed by atoms with Gasteiger partial charge in [-0.3, -0.25) is 0 Å². The largest absolute Gasteiger partial charge is 0.506 e. The van der Waals surface area contributed by atoms with Crippen LogP contribution in [0.25, 0.3) is 0 Å². The van der Waals surface area contributed by atoms with E-state index in [2.05, 4.69) is 0 Å². The third-order valence-corrected chi connectivity index (χ3v) is 2.10. The molecule has 1 unspecified atom stereocenters. The first kappa shape index (κ1) is 11.7. The van der Waals surface area contributed by atoms with Crippen LogP contribution in [0.3, 0.4) is 0 Å². The lowest BCUT2D eigenvalue weighted by molar-refractivity contribution is 0.135. The molecule has 84 valence electrons. The molecule has 1 rings (SSSR count). The Morgan fingerprint density at radius 1 is 1.47 bits per heavy atom. The summed E-state index contributed by atoms with van der Waals surface area (Å²) in [4.78, 5) is 0. The fourth-order valence-corrected chi connectivity index (χ4v) is 1.19. The molecule has 0 heterocycles.